The first-order valence-electron chi connectivity index (χ1n) is 7.35. The standard InChI is InChI=1S/C18H16N2O4/c1-24-17-13-7-2-3-8-15(13)20-18(23)14(17)10-16(22)19-11-5-4-6-12(21)9-11/h2-9,21H,10H2,1H3,(H,19,22)(H,20,23). The van der Waals surface area contributed by atoms with Crippen molar-refractivity contribution in [2.24, 2.45) is 0 Å². The van der Waals surface area contributed by atoms with Gasteiger partial charge in [0.05, 0.1) is 24.6 Å². The number of methoxy groups -OCH3 is 1. The molecule has 3 aromatic rings. The second kappa shape index (κ2) is 6.45. The molecule has 0 unspecified atom stereocenters. The number of benzene rings is 2. The molecule has 1 heterocycles. The van der Waals surface area contributed by atoms with Crippen LogP contribution in [0.5, 0.6) is 11.5 Å². The maximum Gasteiger partial charge on any atom is 0.255 e. The number of nitrogens with one attached hydrogen (secondary N) is 2. The van der Waals surface area contributed by atoms with Gasteiger partial charge in [0.15, 0.2) is 0 Å². The summed E-state index contributed by atoms with van der Waals surface area (Å²) in [6, 6.07) is 13.4. The van der Waals surface area contributed by atoms with Crippen LogP contribution in [0.4, 0.5) is 5.69 Å². The minimum atomic E-state index is -0.375. The zero-order valence-corrected chi connectivity index (χ0v) is 13.0. The van der Waals surface area contributed by atoms with Crippen LogP contribution >= 0.6 is 0 Å². The molecule has 6 heteroatoms. The molecule has 1 amide bonds. The van der Waals surface area contributed by atoms with Crippen LogP contribution in [0.25, 0.3) is 10.9 Å². The molecule has 0 spiro atoms. The van der Waals surface area contributed by atoms with Crippen molar-refractivity contribution in [3.05, 3.63) is 64.4 Å². The molecule has 0 bridgehead atoms. The molecule has 6 nitrogen and oxygen atoms in total. The van der Waals surface area contributed by atoms with Crippen molar-refractivity contribution in [1.29, 1.82) is 0 Å². The number of anilines is 1. The molecule has 1 aromatic heterocycles. The third-order valence-electron chi connectivity index (χ3n) is 3.64. The average Bonchev–Trinajstić information content (AvgIpc) is 2.55. The predicted octanol–water partition coefficient (Wildman–Crippen LogP) is 2.42. The minimum Gasteiger partial charge on any atom is -0.508 e. The number of pyridine rings is 1. The van der Waals surface area contributed by atoms with E-state index in [2.05, 4.69) is 10.3 Å². The maximum atomic E-state index is 12.3. The molecule has 0 aliphatic rings. The van der Waals surface area contributed by atoms with Crippen molar-refractivity contribution in [1.82, 2.24) is 4.98 Å². The number of ether oxygens (including phenoxy) is 1. The molecule has 3 N–H and O–H groups in total. The first-order valence-corrected chi connectivity index (χ1v) is 7.35. The summed E-state index contributed by atoms with van der Waals surface area (Å²) in [5.74, 6) is 0.0639. The van der Waals surface area contributed by atoms with E-state index in [0.717, 1.165) is 5.39 Å². The van der Waals surface area contributed by atoms with Gasteiger partial charge < -0.3 is 20.1 Å². The molecule has 3 rings (SSSR count). The van der Waals surface area contributed by atoms with Crippen molar-refractivity contribution in [2.45, 2.75) is 6.42 Å². The SMILES string of the molecule is COc1c(CC(=O)Nc2cccc(O)c2)c(=O)[nH]c2ccccc12. The number of aromatic amines is 1. The van der Waals surface area contributed by atoms with Gasteiger partial charge >= 0.3 is 0 Å². The largest absolute Gasteiger partial charge is 0.508 e. The summed E-state index contributed by atoms with van der Waals surface area (Å²) in [6.07, 6.45) is -0.140. The number of aromatic nitrogens is 1. The molecule has 0 radical (unpaired) electrons. The van der Waals surface area contributed by atoms with Crippen LogP contribution in [0.2, 0.25) is 0 Å². The number of amides is 1. The Labute approximate surface area is 137 Å². The Bertz CT molecular complexity index is 963. The lowest BCUT2D eigenvalue weighted by Gasteiger charge is -2.11. The fourth-order valence-corrected chi connectivity index (χ4v) is 2.60. The Morgan fingerprint density at radius 2 is 2.00 bits per heavy atom. The number of carbonyl (C=O) groups is 1. The molecule has 0 atom stereocenters. The lowest BCUT2D eigenvalue weighted by atomic mass is 10.1. The van der Waals surface area contributed by atoms with Crippen molar-refractivity contribution in [3.63, 3.8) is 0 Å². The van der Waals surface area contributed by atoms with Crippen molar-refractivity contribution in [3.8, 4) is 11.5 Å². The molecule has 122 valence electrons. The highest BCUT2D eigenvalue weighted by molar-refractivity contribution is 5.94. The van der Waals surface area contributed by atoms with Crippen molar-refractivity contribution in [2.75, 3.05) is 12.4 Å². The summed E-state index contributed by atoms with van der Waals surface area (Å²) in [6.45, 7) is 0. The summed E-state index contributed by atoms with van der Waals surface area (Å²) in [7, 11) is 1.47. The zero-order chi connectivity index (χ0) is 17.1. The molecule has 2 aromatic carbocycles. The minimum absolute atomic E-state index is 0.0499. The first-order chi connectivity index (χ1) is 11.6. The van der Waals surface area contributed by atoms with Gasteiger partial charge in [-0.1, -0.05) is 18.2 Å². The van der Waals surface area contributed by atoms with Crippen LogP contribution in [0.3, 0.4) is 0 Å². The van der Waals surface area contributed by atoms with Crippen LogP contribution in [0.15, 0.2) is 53.3 Å². The number of hydrogen-bond acceptors (Lipinski definition) is 4. The van der Waals surface area contributed by atoms with E-state index in [9.17, 15) is 14.7 Å². The fraction of sp³-hybridized carbons (Fsp3) is 0.111. The topological polar surface area (TPSA) is 91.4 Å². The molecule has 0 aliphatic heterocycles. The van der Waals surface area contributed by atoms with E-state index in [1.807, 2.05) is 18.2 Å². The number of rotatable bonds is 4. The number of carbonyl (C=O) groups excluding carboxylic acids is 1. The van der Waals surface area contributed by atoms with Crippen LogP contribution < -0.4 is 15.6 Å². The van der Waals surface area contributed by atoms with E-state index in [0.29, 0.717) is 17.0 Å². The molecule has 0 aliphatic carbocycles. The number of aromatic hydroxyl groups is 1. The molecular formula is C18H16N2O4. The highest BCUT2D eigenvalue weighted by Gasteiger charge is 2.16. The fourth-order valence-electron chi connectivity index (χ4n) is 2.60. The van der Waals surface area contributed by atoms with Gasteiger partial charge in [0, 0.05) is 17.1 Å². The number of para-hydroxylation sites is 1. The van der Waals surface area contributed by atoms with Gasteiger partial charge in [-0.25, -0.2) is 0 Å². The highest BCUT2D eigenvalue weighted by Crippen LogP contribution is 2.26. The summed E-state index contributed by atoms with van der Waals surface area (Å²) < 4.78 is 5.37. The van der Waals surface area contributed by atoms with E-state index in [1.165, 1.54) is 19.2 Å². The van der Waals surface area contributed by atoms with Gasteiger partial charge in [0.25, 0.3) is 5.56 Å². The first kappa shape index (κ1) is 15.6. The number of fused-ring (bicyclic) bond motifs is 1. The van der Waals surface area contributed by atoms with Crippen molar-refractivity contribution >= 4 is 22.5 Å². The Kier molecular flexibility index (Phi) is 4.20. The van der Waals surface area contributed by atoms with Crippen LogP contribution in [0, 0.1) is 0 Å². The Morgan fingerprint density at radius 3 is 2.75 bits per heavy atom. The van der Waals surface area contributed by atoms with Gasteiger partial charge in [-0.2, -0.15) is 0 Å². The Hall–Kier alpha value is -3.28. The Morgan fingerprint density at radius 1 is 1.21 bits per heavy atom. The molecular weight excluding hydrogens is 308 g/mol. The van der Waals surface area contributed by atoms with E-state index in [1.54, 1.807) is 18.2 Å². The zero-order valence-electron chi connectivity index (χ0n) is 13.0. The van der Waals surface area contributed by atoms with Crippen molar-refractivity contribution < 1.29 is 14.6 Å². The highest BCUT2D eigenvalue weighted by atomic mass is 16.5. The number of phenols is 1. The van der Waals surface area contributed by atoms with Gasteiger partial charge in [-0.15, -0.1) is 0 Å². The smallest absolute Gasteiger partial charge is 0.255 e. The predicted molar refractivity (Wildman–Crippen MR) is 91.6 cm³/mol. The van der Waals surface area contributed by atoms with Crippen LogP contribution in [-0.4, -0.2) is 23.1 Å². The third kappa shape index (κ3) is 3.08. The Balaban J connectivity index is 1.93. The van der Waals surface area contributed by atoms with Crippen LogP contribution in [-0.2, 0) is 11.2 Å². The summed E-state index contributed by atoms with van der Waals surface area (Å²) in [5, 5.41) is 12.8. The van der Waals surface area contributed by atoms with E-state index >= 15 is 0 Å². The van der Waals surface area contributed by atoms with Crippen LogP contribution in [0.1, 0.15) is 5.56 Å². The normalized spacial score (nSPS) is 10.5. The lowest BCUT2D eigenvalue weighted by molar-refractivity contribution is -0.115. The lowest BCUT2D eigenvalue weighted by Crippen LogP contribution is -2.22. The number of phenolic OH excluding ortho intramolecular Hbond substituents is 1. The molecule has 0 saturated heterocycles. The van der Waals surface area contributed by atoms with Gasteiger partial charge in [-0.05, 0) is 24.3 Å². The molecule has 24 heavy (non-hydrogen) atoms. The van der Waals surface area contributed by atoms with E-state index in [-0.39, 0.29) is 29.2 Å². The number of hydrogen-bond donors (Lipinski definition) is 3. The maximum absolute atomic E-state index is 12.3. The average molecular weight is 324 g/mol. The van der Waals surface area contributed by atoms with Gasteiger partial charge in [-0.3, -0.25) is 9.59 Å². The summed E-state index contributed by atoms with van der Waals surface area (Å²) >= 11 is 0. The van der Waals surface area contributed by atoms with Gasteiger partial charge in [0.2, 0.25) is 5.91 Å². The third-order valence-corrected chi connectivity index (χ3v) is 3.64. The molecule has 0 fully saturated rings. The molecule has 0 saturated carbocycles. The summed E-state index contributed by atoms with van der Waals surface area (Å²) in [4.78, 5) is 27.3. The second-order valence-corrected chi connectivity index (χ2v) is 5.29. The quantitative estimate of drug-likeness (QED) is 0.687. The van der Waals surface area contributed by atoms with E-state index in [4.69, 9.17) is 4.74 Å². The van der Waals surface area contributed by atoms with E-state index < -0.39 is 0 Å². The second-order valence-electron chi connectivity index (χ2n) is 5.29. The number of H-pyrrole nitrogens is 1. The van der Waals surface area contributed by atoms with Gasteiger partial charge in [0.1, 0.15) is 11.5 Å². The monoisotopic (exact) mass is 324 g/mol. The summed E-state index contributed by atoms with van der Waals surface area (Å²) in [5.41, 5.74) is 0.998.